The summed E-state index contributed by atoms with van der Waals surface area (Å²) in [7, 11) is 0. The van der Waals surface area contributed by atoms with Gasteiger partial charge in [-0.05, 0) is 29.8 Å². The molecule has 0 aliphatic heterocycles. The molecule has 0 bridgehead atoms. The van der Waals surface area contributed by atoms with Crippen LogP contribution in [0.15, 0.2) is 36.4 Å². The quantitative estimate of drug-likeness (QED) is 0.654. The number of nitro benzene ring substituents is 1. The molecule has 5 nitrogen and oxygen atoms in total. The molecular weight excluding hydrogens is 303 g/mol. The van der Waals surface area contributed by atoms with Gasteiger partial charge >= 0.3 is 0 Å². The number of hydrogen-bond donors (Lipinski definition) is 2. The molecule has 0 fully saturated rings. The Labute approximate surface area is 124 Å². The van der Waals surface area contributed by atoms with Crippen molar-refractivity contribution >= 4 is 34.6 Å². The van der Waals surface area contributed by atoms with Gasteiger partial charge in [0.05, 0.1) is 9.95 Å². The smallest absolute Gasteiger partial charge is 0.288 e. The van der Waals surface area contributed by atoms with E-state index < -0.39 is 4.92 Å². The second kappa shape index (κ2) is 5.98. The van der Waals surface area contributed by atoms with Gasteiger partial charge in [0.15, 0.2) is 0 Å². The SMILES string of the molecule is O=[N+]([O-])c1ccc(NCc2ccc(O)c(Cl)c2)cc1Cl. The van der Waals surface area contributed by atoms with Crippen molar-refractivity contribution < 1.29 is 10.0 Å². The van der Waals surface area contributed by atoms with Crippen LogP contribution in [0.3, 0.4) is 0 Å². The molecule has 0 aliphatic carbocycles. The van der Waals surface area contributed by atoms with Gasteiger partial charge in [0.25, 0.3) is 5.69 Å². The van der Waals surface area contributed by atoms with Crippen molar-refractivity contribution in [1.29, 1.82) is 0 Å². The van der Waals surface area contributed by atoms with E-state index in [1.54, 1.807) is 18.2 Å². The Morgan fingerprint density at radius 1 is 1.15 bits per heavy atom. The Morgan fingerprint density at radius 3 is 2.50 bits per heavy atom. The number of rotatable bonds is 4. The molecule has 0 aromatic heterocycles. The van der Waals surface area contributed by atoms with Crippen molar-refractivity contribution in [2.24, 2.45) is 0 Å². The topological polar surface area (TPSA) is 75.4 Å². The highest BCUT2D eigenvalue weighted by Gasteiger charge is 2.11. The molecule has 0 atom stereocenters. The zero-order valence-corrected chi connectivity index (χ0v) is 11.6. The van der Waals surface area contributed by atoms with Crippen LogP contribution < -0.4 is 5.32 Å². The van der Waals surface area contributed by atoms with Gasteiger partial charge in [-0.25, -0.2) is 0 Å². The Hall–Kier alpha value is -1.98. The van der Waals surface area contributed by atoms with Gasteiger partial charge in [-0.3, -0.25) is 10.1 Å². The number of nitrogens with one attached hydrogen (secondary N) is 1. The van der Waals surface area contributed by atoms with Crippen LogP contribution in [0.5, 0.6) is 5.75 Å². The molecule has 2 aromatic carbocycles. The summed E-state index contributed by atoms with van der Waals surface area (Å²) in [4.78, 5) is 10.1. The van der Waals surface area contributed by atoms with Gasteiger partial charge in [-0.2, -0.15) is 0 Å². The van der Waals surface area contributed by atoms with Crippen LogP contribution in [0.2, 0.25) is 10.0 Å². The fourth-order valence-electron chi connectivity index (χ4n) is 1.63. The Bertz CT molecular complexity index is 662. The Morgan fingerprint density at radius 2 is 1.90 bits per heavy atom. The lowest BCUT2D eigenvalue weighted by molar-refractivity contribution is -0.384. The fourth-order valence-corrected chi connectivity index (χ4v) is 2.08. The third kappa shape index (κ3) is 3.31. The number of phenols is 1. The third-order valence-corrected chi connectivity index (χ3v) is 3.26. The van der Waals surface area contributed by atoms with Crippen molar-refractivity contribution in [3.63, 3.8) is 0 Å². The lowest BCUT2D eigenvalue weighted by atomic mass is 10.2. The zero-order chi connectivity index (χ0) is 14.7. The lowest BCUT2D eigenvalue weighted by Crippen LogP contribution is -2.00. The minimum atomic E-state index is -0.536. The summed E-state index contributed by atoms with van der Waals surface area (Å²) in [5.41, 5.74) is 1.39. The summed E-state index contributed by atoms with van der Waals surface area (Å²) in [6.45, 7) is 0.453. The molecule has 0 saturated heterocycles. The average molecular weight is 313 g/mol. The number of phenolic OH excluding ortho intramolecular Hbond substituents is 1. The number of anilines is 1. The maximum absolute atomic E-state index is 10.6. The third-order valence-electron chi connectivity index (χ3n) is 2.65. The molecule has 0 heterocycles. The highest BCUT2D eigenvalue weighted by atomic mass is 35.5. The van der Waals surface area contributed by atoms with E-state index in [4.69, 9.17) is 23.2 Å². The molecule has 0 spiro atoms. The van der Waals surface area contributed by atoms with Crippen molar-refractivity contribution in [2.45, 2.75) is 6.54 Å². The zero-order valence-electron chi connectivity index (χ0n) is 10.1. The monoisotopic (exact) mass is 312 g/mol. The van der Waals surface area contributed by atoms with Crippen LogP contribution in [0.4, 0.5) is 11.4 Å². The highest BCUT2D eigenvalue weighted by Crippen LogP contribution is 2.28. The molecule has 2 aromatic rings. The van der Waals surface area contributed by atoms with E-state index in [1.807, 2.05) is 0 Å². The van der Waals surface area contributed by atoms with Crippen molar-refractivity contribution in [3.05, 3.63) is 62.1 Å². The van der Waals surface area contributed by atoms with E-state index in [-0.39, 0.29) is 21.5 Å². The van der Waals surface area contributed by atoms with E-state index in [1.165, 1.54) is 18.2 Å². The Kier molecular flexibility index (Phi) is 4.32. The van der Waals surface area contributed by atoms with Crippen LogP contribution in [-0.4, -0.2) is 10.0 Å². The molecule has 2 N–H and O–H groups in total. The van der Waals surface area contributed by atoms with Crippen LogP contribution in [0.1, 0.15) is 5.56 Å². The molecule has 0 aliphatic rings. The first-order valence-electron chi connectivity index (χ1n) is 5.62. The van der Waals surface area contributed by atoms with E-state index in [0.29, 0.717) is 12.2 Å². The molecule has 104 valence electrons. The summed E-state index contributed by atoms with van der Waals surface area (Å²) >= 11 is 11.6. The normalized spacial score (nSPS) is 10.3. The van der Waals surface area contributed by atoms with E-state index in [9.17, 15) is 15.2 Å². The number of aromatic hydroxyl groups is 1. The van der Waals surface area contributed by atoms with E-state index in [2.05, 4.69) is 5.32 Å². The molecule has 0 saturated carbocycles. The number of nitro groups is 1. The molecule has 0 radical (unpaired) electrons. The van der Waals surface area contributed by atoms with Crippen LogP contribution in [0.25, 0.3) is 0 Å². The summed E-state index contributed by atoms with van der Waals surface area (Å²) in [5.74, 6) is 0.0220. The van der Waals surface area contributed by atoms with E-state index in [0.717, 1.165) is 5.56 Å². The van der Waals surface area contributed by atoms with Crippen LogP contribution in [-0.2, 0) is 6.54 Å². The average Bonchev–Trinajstić information content (AvgIpc) is 2.40. The molecule has 2 rings (SSSR count). The fraction of sp³-hybridized carbons (Fsp3) is 0.0769. The first kappa shape index (κ1) is 14.4. The first-order chi connectivity index (χ1) is 9.47. The lowest BCUT2D eigenvalue weighted by Gasteiger charge is -2.08. The summed E-state index contributed by atoms with van der Waals surface area (Å²) in [5, 5.41) is 23.4. The van der Waals surface area contributed by atoms with Crippen molar-refractivity contribution in [2.75, 3.05) is 5.32 Å². The Balaban J connectivity index is 2.09. The van der Waals surface area contributed by atoms with Crippen LogP contribution >= 0.6 is 23.2 Å². The second-order valence-corrected chi connectivity index (χ2v) is 4.88. The standard InChI is InChI=1S/C13H10Cl2N2O3/c14-10-6-9(2-3-12(10)17(19)20)16-7-8-1-4-13(18)11(15)5-8/h1-6,16,18H,7H2. The van der Waals surface area contributed by atoms with Gasteiger partial charge < -0.3 is 10.4 Å². The van der Waals surface area contributed by atoms with Gasteiger partial charge in [0.1, 0.15) is 10.8 Å². The maximum Gasteiger partial charge on any atom is 0.288 e. The molecule has 7 heteroatoms. The van der Waals surface area contributed by atoms with Gasteiger partial charge in [0.2, 0.25) is 0 Å². The molecular formula is C13H10Cl2N2O3. The number of benzene rings is 2. The van der Waals surface area contributed by atoms with Crippen molar-refractivity contribution in [1.82, 2.24) is 0 Å². The predicted octanol–water partition coefficient (Wildman–Crippen LogP) is 4.22. The molecule has 20 heavy (non-hydrogen) atoms. The minimum absolute atomic E-state index is 0.0220. The maximum atomic E-state index is 10.6. The summed E-state index contributed by atoms with van der Waals surface area (Å²) in [6, 6.07) is 9.27. The number of halogens is 2. The summed E-state index contributed by atoms with van der Waals surface area (Å²) < 4.78 is 0. The van der Waals surface area contributed by atoms with Gasteiger partial charge in [-0.15, -0.1) is 0 Å². The van der Waals surface area contributed by atoms with Gasteiger partial charge in [0, 0.05) is 18.3 Å². The highest BCUT2D eigenvalue weighted by molar-refractivity contribution is 6.33. The van der Waals surface area contributed by atoms with Gasteiger partial charge in [-0.1, -0.05) is 29.3 Å². The molecule has 0 amide bonds. The second-order valence-electron chi connectivity index (χ2n) is 4.06. The van der Waals surface area contributed by atoms with Crippen LogP contribution in [0, 0.1) is 10.1 Å². The predicted molar refractivity (Wildman–Crippen MR) is 78.5 cm³/mol. The van der Waals surface area contributed by atoms with Crippen molar-refractivity contribution in [3.8, 4) is 5.75 Å². The largest absolute Gasteiger partial charge is 0.506 e. The summed E-state index contributed by atoms with van der Waals surface area (Å²) in [6.07, 6.45) is 0. The van der Waals surface area contributed by atoms with E-state index >= 15 is 0 Å². The number of hydrogen-bond acceptors (Lipinski definition) is 4. The first-order valence-corrected chi connectivity index (χ1v) is 6.38. The molecule has 0 unspecified atom stereocenters. The minimum Gasteiger partial charge on any atom is -0.506 e. The number of nitrogens with zero attached hydrogens (tertiary/aromatic N) is 1.